The number of hydrogen-bond donors (Lipinski definition) is 0. The van der Waals surface area contributed by atoms with Crippen LogP contribution in [-0.4, -0.2) is 34.5 Å². The molecule has 2 aromatic rings. The molecule has 3 heterocycles. The van der Waals surface area contributed by atoms with Crippen LogP contribution in [0.25, 0.3) is 0 Å². The SMILES string of the molecule is Cc1c(S(=O)(=O)N2CCCn3ncc(Cl)c32)cnn1C. The van der Waals surface area contributed by atoms with Crippen LogP contribution in [0.2, 0.25) is 5.02 Å². The third-order valence-corrected chi connectivity index (χ3v) is 5.65. The summed E-state index contributed by atoms with van der Waals surface area (Å²) in [5.74, 6) is 0.432. The van der Waals surface area contributed by atoms with E-state index in [1.807, 2.05) is 0 Å². The Morgan fingerprint density at radius 2 is 2.00 bits per heavy atom. The van der Waals surface area contributed by atoms with Gasteiger partial charge >= 0.3 is 0 Å². The lowest BCUT2D eigenvalue weighted by Gasteiger charge is -2.28. The van der Waals surface area contributed by atoms with Crippen LogP contribution in [0.4, 0.5) is 5.82 Å². The minimum Gasteiger partial charge on any atom is -0.272 e. The van der Waals surface area contributed by atoms with Crippen LogP contribution in [0.1, 0.15) is 12.1 Å². The monoisotopic (exact) mass is 315 g/mol. The van der Waals surface area contributed by atoms with Crippen molar-refractivity contribution in [3.8, 4) is 0 Å². The molecule has 0 unspecified atom stereocenters. The van der Waals surface area contributed by atoms with Crippen molar-refractivity contribution in [1.29, 1.82) is 0 Å². The van der Waals surface area contributed by atoms with Crippen LogP contribution in [0.3, 0.4) is 0 Å². The molecule has 0 spiro atoms. The Morgan fingerprint density at radius 1 is 1.25 bits per heavy atom. The van der Waals surface area contributed by atoms with Crippen molar-refractivity contribution in [2.75, 3.05) is 10.8 Å². The number of hydrogen-bond acceptors (Lipinski definition) is 4. The fourth-order valence-corrected chi connectivity index (χ4v) is 4.33. The molecule has 0 fully saturated rings. The highest BCUT2D eigenvalue weighted by molar-refractivity contribution is 7.92. The summed E-state index contributed by atoms with van der Waals surface area (Å²) in [5.41, 5.74) is 0.595. The smallest absolute Gasteiger partial charge is 0.268 e. The summed E-state index contributed by atoms with van der Waals surface area (Å²) in [6, 6.07) is 0. The summed E-state index contributed by atoms with van der Waals surface area (Å²) >= 11 is 6.08. The van der Waals surface area contributed by atoms with Gasteiger partial charge in [-0.1, -0.05) is 11.6 Å². The van der Waals surface area contributed by atoms with Gasteiger partial charge in [-0.05, 0) is 13.3 Å². The summed E-state index contributed by atoms with van der Waals surface area (Å²) in [6.07, 6.45) is 3.54. The quantitative estimate of drug-likeness (QED) is 0.834. The Bertz CT molecular complexity index is 764. The number of rotatable bonds is 2. The fraction of sp³-hybridized carbons (Fsp3) is 0.455. The number of sulfonamides is 1. The predicted molar refractivity (Wildman–Crippen MR) is 74.3 cm³/mol. The van der Waals surface area contributed by atoms with Crippen LogP contribution < -0.4 is 4.31 Å². The zero-order valence-electron chi connectivity index (χ0n) is 11.1. The van der Waals surface area contributed by atoms with Crippen molar-refractivity contribution in [2.45, 2.75) is 24.8 Å². The van der Waals surface area contributed by atoms with Gasteiger partial charge < -0.3 is 0 Å². The van der Waals surface area contributed by atoms with Crippen LogP contribution in [0, 0.1) is 6.92 Å². The molecule has 9 heteroatoms. The number of halogens is 1. The van der Waals surface area contributed by atoms with Crippen LogP contribution in [-0.2, 0) is 23.6 Å². The standard InChI is InChI=1S/C11H14ClN5O2S/c1-8-10(7-13-15(8)2)20(18,19)17-5-3-4-16-11(17)9(12)6-14-16/h6-7H,3-5H2,1-2H3. The largest absolute Gasteiger partial charge is 0.272 e. The molecule has 1 aliphatic rings. The van der Waals surface area contributed by atoms with E-state index >= 15 is 0 Å². The van der Waals surface area contributed by atoms with Gasteiger partial charge in [-0.15, -0.1) is 0 Å². The summed E-state index contributed by atoms with van der Waals surface area (Å²) in [4.78, 5) is 0.200. The van der Waals surface area contributed by atoms with E-state index in [4.69, 9.17) is 11.6 Å². The predicted octanol–water partition coefficient (Wildman–Crippen LogP) is 1.18. The molecule has 0 amide bonds. The van der Waals surface area contributed by atoms with Gasteiger partial charge in [0.25, 0.3) is 10.0 Å². The van der Waals surface area contributed by atoms with E-state index in [1.54, 1.807) is 18.7 Å². The summed E-state index contributed by atoms with van der Waals surface area (Å²) in [7, 11) is -1.96. The molecule has 0 bridgehead atoms. The first-order chi connectivity index (χ1) is 9.43. The van der Waals surface area contributed by atoms with Crippen molar-refractivity contribution in [2.24, 2.45) is 7.05 Å². The lowest BCUT2D eigenvalue weighted by molar-refractivity contribution is 0.532. The Morgan fingerprint density at radius 3 is 2.65 bits per heavy atom. The van der Waals surface area contributed by atoms with E-state index in [0.29, 0.717) is 36.0 Å². The first kappa shape index (κ1) is 13.4. The first-order valence-electron chi connectivity index (χ1n) is 6.15. The Labute approximate surface area is 121 Å². The molecule has 0 saturated carbocycles. The van der Waals surface area contributed by atoms with E-state index in [9.17, 15) is 8.42 Å². The van der Waals surface area contributed by atoms with Crippen molar-refractivity contribution >= 4 is 27.4 Å². The van der Waals surface area contributed by atoms with Gasteiger partial charge in [0, 0.05) is 20.1 Å². The van der Waals surface area contributed by atoms with E-state index < -0.39 is 10.0 Å². The molecule has 2 aromatic heterocycles. The van der Waals surface area contributed by atoms with Gasteiger partial charge in [-0.25, -0.2) is 17.4 Å². The number of fused-ring (bicyclic) bond motifs is 1. The van der Waals surface area contributed by atoms with Crippen LogP contribution in [0.15, 0.2) is 17.3 Å². The summed E-state index contributed by atoms with van der Waals surface area (Å²) < 4.78 is 30.1. The first-order valence-corrected chi connectivity index (χ1v) is 7.97. The molecular formula is C11H14ClN5O2S. The van der Waals surface area contributed by atoms with Gasteiger partial charge in [0.1, 0.15) is 9.92 Å². The van der Waals surface area contributed by atoms with Crippen LogP contribution >= 0.6 is 11.6 Å². The molecule has 0 aromatic carbocycles. The molecule has 108 valence electrons. The lowest BCUT2D eigenvalue weighted by atomic mass is 10.3. The molecule has 0 atom stereocenters. The van der Waals surface area contributed by atoms with Gasteiger partial charge in [-0.3, -0.25) is 4.68 Å². The van der Waals surface area contributed by atoms with Crippen molar-refractivity contribution in [1.82, 2.24) is 19.6 Å². The lowest BCUT2D eigenvalue weighted by Crippen LogP contribution is -2.37. The molecular weight excluding hydrogens is 302 g/mol. The third kappa shape index (κ3) is 1.82. The van der Waals surface area contributed by atoms with Gasteiger partial charge in [0.15, 0.2) is 5.82 Å². The highest BCUT2D eigenvalue weighted by Gasteiger charge is 2.34. The molecule has 20 heavy (non-hydrogen) atoms. The molecule has 3 rings (SSSR count). The second-order valence-electron chi connectivity index (χ2n) is 4.69. The average molecular weight is 316 g/mol. The van der Waals surface area contributed by atoms with Crippen molar-refractivity contribution in [3.05, 3.63) is 23.1 Å². The van der Waals surface area contributed by atoms with E-state index in [2.05, 4.69) is 10.2 Å². The number of anilines is 1. The maximum absolute atomic E-state index is 12.8. The van der Waals surface area contributed by atoms with E-state index in [0.717, 1.165) is 0 Å². The number of aryl methyl sites for hydroxylation is 2. The second-order valence-corrected chi connectivity index (χ2v) is 6.93. The zero-order valence-corrected chi connectivity index (χ0v) is 12.7. The van der Waals surface area contributed by atoms with Crippen molar-refractivity contribution < 1.29 is 8.42 Å². The molecule has 7 nitrogen and oxygen atoms in total. The maximum atomic E-state index is 12.8. The molecule has 0 radical (unpaired) electrons. The van der Waals surface area contributed by atoms with E-state index in [-0.39, 0.29) is 4.90 Å². The maximum Gasteiger partial charge on any atom is 0.268 e. The average Bonchev–Trinajstić information content (AvgIpc) is 2.95. The number of aromatic nitrogens is 4. The minimum absolute atomic E-state index is 0.200. The van der Waals surface area contributed by atoms with Gasteiger partial charge in [0.05, 0.1) is 18.1 Å². The van der Waals surface area contributed by atoms with Gasteiger partial charge in [0.2, 0.25) is 0 Å². The molecule has 0 aliphatic carbocycles. The Hall–Kier alpha value is -1.54. The highest BCUT2D eigenvalue weighted by atomic mass is 35.5. The topological polar surface area (TPSA) is 73.0 Å². The molecule has 0 N–H and O–H groups in total. The summed E-state index contributed by atoms with van der Waals surface area (Å²) in [6.45, 7) is 2.78. The Kier molecular flexibility index (Phi) is 3.02. The van der Waals surface area contributed by atoms with Gasteiger partial charge in [-0.2, -0.15) is 10.2 Å². The third-order valence-electron chi connectivity index (χ3n) is 3.49. The van der Waals surface area contributed by atoms with Crippen molar-refractivity contribution in [3.63, 3.8) is 0 Å². The van der Waals surface area contributed by atoms with Crippen LogP contribution in [0.5, 0.6) is 0 Å². The Balaban J connectivity index is 2.14. The van der Waals surface area contributed by atoms with E-state index in [1.165, 1.54) is 21.4 Å². The minimum atomic E-state index is -3.67. The summed E-state index contributed by atoms with van der Waals surface area (Å²) in [5, 5.41) is 8.44. The molecule has 1 aliphatic heterocycles. The highest BCUT2D eigenvalue weighted by Crippen LogP contribution is 2.33. The fourth-order valence-electron chi connectivity index (χ4n) is 2.32. The molecule has 0 saturated heterocycles. The second kappa shape index (κ2) is 4.49. The zero-order chi connectivity index (χ0) is 14.5. The normalized spacial score (nSPS) is 15.4. The number of nitrogens with zero attached hydrogens (tertiary/aromatic N) is 5.